The second kappa shape index (κ2) is 8.92. The molecule has 0 spiro atoms. The summed E-state index contributed by atoms with van der Waals surface area (Å²) in [7, 11) is 0. The van der Waals surface area contributed by atoms with Gasteiger partial charge in [0.1, 0.15) is 12.1 Å². The highest BCUT2D eigenvalue weighted by Gasteiger charge is 2.28. The predicted molar refractivity (Wildman–Crippen MR) is 88.3 cm³/mol. The molecule has 1 aromatic rings. The number of amides is 3. The van der Waals surface area contributed by atoms with Crippen molar-refractivity contribution in [3.63, 3.8) is 0 Å². The van der Waals surface area contributed by atoms with Crippen LogP contribution in [0.1, 0.15) is 32.8 Å². The lowest BCUT2D eigenvalue weighted by molar-refractivity contribution is -0.131. The Hall–Kier alpha value is -2.37. The first-order valence-corrected chi connectivity index (χ1v) is 7.75. The van der Waals surface area contributed by atoms with Crippen LogP contribution in [0, 0.1) is 5.92 Å². The van der Waals surface area contributed by atoms with Crippen molar-refractivity contribution in [3.05, 3.63) is 35.9 Å². The fraction of sp³-hybridized carbons (Fsp3) is 0.471. The van der Waals surface area contributed by atoms with Crippen molar-refractivity contribution >= 4 is 17.7 Å². The number of benzene rings is 1. The van der Waals surface area contributed by atoms with E-state index in [9.17, 15) is 14.4 Å². The molecule has 0 aliphatic carbocycles. The monoisotopic (exact) mass is 319 g/mol. The summed E-state index contributed by atoms with van der Waals surface area (Å²) in [5.41, 5.74) is 6.29. The van der Waals surface area contributed by atoms with Gasteiger partial charge in [0.25, 0.3) is 0 Å². The van der Waals surface area contributed by atoms with Gasteiger partial charge in [0.2, 0.25) is 17.7 Å². The number of hydrogen-bond acceptors (Lipinski definition) is 3. The Bertz CT molecular complexity index is 545. The largest absolute Gasteiger partial charge is 0.368 e. The predicted octanol–water partition coefficient (Wildman–Crippen LogP) is 0.750. The molecule has 1 aromatic carbocycles. The summed E-state index contributed by atoms with van der Waals surface area (Å²) in [6.07, 6.45) is 1.05. The average Bonchev–Trinajstić information content (AvgIpc) is 2.51. The molecule has 6 heteroatoms. The number of carbonyl (C=O) groups is 3. The van der Waals surface area contributed by atoms with Crippen LogP contribution in [0.3, 0.4) is 0 Å². The van der Waals surface area contributed by atoms with Gasteiger partial charge in [0, 0.05) is 13.3 Å². The molecule has 0 fully saturated rings. The smallest absolute Gasteiger partial charge is 0.243 e. The number of nitrogens with two attached hydrogens (primary N) is 1. The van der Waals surface area contributed by atoms with Crippen LogP contribution < -0.4 is 16.4 Å². The summed E-state index contributed by atoms with van der Waals surface area (Å²) in [5, 5.41) is 5.29. The molecular weight excluding hydrogens is 294 g/mol. The summed E-state index contributed by atoms with van der Waals surface area (Å²) in [6.45, 7) is 5.12. The first kappa shape index (κ1) is 18.7. The lowest BCUT2D eigenvalue weighted by atomic mass is 9.97. The van der Waals surface area contributed by atoms with E-state index in [1.165, 1.54) is 6.92 Å². The average molecular weight is 319 g/mol. The zero-order valence-corrected chi connectivity index (χ0v) is 13.8. The van der Waals surface area contributed by atoms with Gasteiger partial charge in [-0.25, -0.2) is 0 Å². The van der Waals surface area contributed by atoms with Crippen molar-refractivity contribution in [1.82, 2.24) is 10.6 Å². The highest BCUT2D eigenvalue weighted by Crippen LogP contribution is 2.09. The summed E-state index contributed by atoms with van der Waals surface area (Å²) < 4.78 is 0. The summed E-state index contributed by atoms with van der Waals surface area (Å²) >= 11 is 0. The summed E-state index contributed by atoms with van der Waals surface area (Å²) in [4.78, 5) is 35.4. The van der Waals surface area contributed by atoms with Crippen molar-refractivity contribution in [1.29, 1.82) is 0 Å². The normalized spacial score (nSPS) is 14.4. The fourth-order valence-electron chi connectivity index (χ4n) is 2.29. The van der Waals surface area contributed by atoms with Crippen LogP contribution in [-0.2, 0) is 20.8 Å². The first-order chi connectivity index (χ1) is 10.8. The minimum Gasteiger partial charge on any atom is -0.368 e. The maximum Gasteiger partial charge on any atom is 0.243 e. The number of primary amides is 1. The lowest BCUT2D eigenvalue weighted by Crippen LogP contribution is -2.55. The Morgan fingerprint density at radius 1 is 1.13 bits per heavy atom. The van der Waals surface area contributed by atoms with Gasteiger partial charge < -0.3 is 16.4 Å². The van der Waals surface area contributed by atoms with Gasteiger partial charge >= 0.3 is 0 Å². The SMILES string of the molecule is CC[C@@H](C)[C@H](NC(=O)[C@@H](Cc1ccccc1)NC(C)=O)C(N)=O. The van der Waals surface area contributed by atoms with E-state index >= 15 is 0 Å². The zero-order chi connectivity index (χ0) is 17.4. The van der Waals surface area contributed by atoms with E-state index in [-0.39, 0.29) is 11.8 Å². The third-order valence-electron chi connectivity index (χ3n) is 3.79. The topological polar surface area (TPSA) is 101 Å². The van der Waals surface area contributed by atoms with E-state index in [0.717, 1.165) is 5.56 Å². The molecule has 3 atom stereocenters. The number of nitrogens with one attached hydrogen (secondary N) is 2. The van der Waals surface area contributed by atoms with Crippen LogP contribution in [0.5, 0.6) is 0 Å². The van der Waals surface area contributed by atoms with Gasteiger partial charge in [-0.05, 0) is 11.5 Å². The highest BCUT2D eigenvalue weighted by atomic mass is 16.2. The lowest BCUT2D eigenvalue weighted by Gasteiger charge is -2.24. The molecule has 0 bridgehead atoms. The van der Waals surface area contributed by atoms with Crippen LogP contribution in [0.4, 0.5) is 0 Å². The van der Waals surface area contributed by atoms with E-state index in [4.69, 9.17) is 5.73 Å². The van der Waals surface area contributed by atoms with Crippen molar-refractivity contribution in [2.75, 3.05) is 0 Å². The summed E-state index contributed by atoms with van der Waals surface area (Å²) in [6, 6.07) is 7.86. The molecule has 3 amide bonds. The van der Waals surface area contributed by atoms with Crippen LogP contribution in [0.15, 0.2) is 30.3 Å². The Balaban J connectivity index is 2.86. The number of carbonyl (C=O) groups excluding carboxylic acids is 3. The van der Waals surface area contributed by atoms with Crippen LogP contribution >= 0.6 is 0 Å². The van der Waals surface area contributed by atoms with Crippen molar-refractivity contribution in [2.24, 2.45) is 11.7 Å². The van der Waals surface area contributed by atoms with Crippen LogP contribution in [-0.4, -0.2) is 29.8 Å². The van der Waals surface area contributed by atoms with E-state index in [1.807, 2.05) is 44.2 Å². The van der Waals surface area contributed by atoms with Gasteiger partial charge in [-0.3, -0.25) is 14.4 Å². The maximum atomic E-state index is 12.5. The molecule has 0 saturated heterocycles. The molecular formula is C17H25N3O3. The molecule has 126 valence electrons. The third-order valence-corrected chi connectivity index (χ3v) is 3.79. The van der Waals surface area contributed by atoms with Crippen molar-refractivity contribution < 1.29 is 14.4 Å². The highest BCUT2D eigenvalue weighted by molar-refractivity contribution is 5.91. The van der Waals surface area contributed by atoms with Gasteiger partial charge in [-0.2, -0.15) is 0 Å². The van der Waals surface area contributed by atoms with Gasteiger partial charge in [-0.1, -0.05) is 50.6 Å². The fourth-order valence-corrected chi connectivity index (χ4v) is 2.29. The van der Waals surface area contributed by atoms with E-state index in [1.54, 1.807) is 0 Å². The van der Waals surface area contributed by atoms with Crippen molar-refractivity contribution in [3.8, 4) is 0 Å². The van der Waals surface area contributed by atoms with Gasteiger partial charge in [-0.15, -0.1) is 0 Å². The molecule has 23 heavy (non-hydrogen) atoms. The Kier molecular flexibility index (Phi) is 7.25. The molecule has 0 aromatic heterocycles. The molecule has 0 unspecified atom stereocenters. The van der Waals surface area contributed by atoms with Crippen LogP contribution in [0.2, 0.25) is 0 Å². The first-order valence-electron chi connectivity index (χ1n) is 7.75. The maximum absolute atomic E-state index is 12.5. The van der Waals surface area contributed by atoms with Gasteiger partial charge in [0.05, 0.1) is 0 Å². The molecule has 6 nitrogen and oxygen atoms in total. The minimum absolute atomic E-state index is 0.0776. The Morgan fingerprint density at radius 3 is 2.22 bits per heavy atom. The second-order valence-corrected chi connectivity index (χ2v) is 5.72. The zero-order valence-electron chi connectivity index (χ0n) is 13.8. The van der Waals surface area contributed by atoms with Crippen LogP contribution in [0.25, 0.3) is 0 Å². The molecule has 0 saturated carbocycles. The second-order valence-electron chi connectivity index (χ2n) is 5.72. The minimum atomic E-state index is -0.750. The molecule has 0 heterocycles. The Labute approximate surface area is 136 Å². The number of hydrogen-bond donors (Lipinski definition) is 3. The van der Waals surface area contributed by atoms with E-state index < -0.39 is 23.9 Å². The quantitative estimate of drug-likeness (QED) is 0.659. The standard InChI is InChI=1S/C17H25N3O3/c1-4-11(2)15(16(18)22)20-17(23)14(19-12(3)21)10-13-8-6-5-7-9-13/h5-9,11,14-15H,4,10H2,1-3H3,(H2,18,22)(H,19,21)(H,20,23)/t11-,14-,15+/m1/s1. The third kappa shape index (κ3) is 6.10. The molecule has 4 N–H and O–H groups in total. The molecule has 0 aliphatic rings. The van der Waals surface area contributed by atoms with E-state index in [0.29, 0.717) is 12.8 Å². The Morgan fingerprint density at radius 2 is 1.74 bits per heavy atom. The molecule has 1 rings (SSSR count). The van der Waals surface area contributed by atoms with E-state index in [2.05, 4.69) is 10.6 Å². The summed E-state index contributed by atoms with van der Waals surface area (Å²) in [5.74, 6) is -1.37. The van der Waals surface area contributed by atoms with Gasteiger partial charge in [0.15, 0.2) is 0 Å². The molecule has 0 aliphatic heterocycles. The molecule has 0 radical (unpaired) electrons. The van der Waals surface area contributed by atoms with Crippen molar-refractivity contribution in [2.45, 2.75) is 45.7 Å². The number of rotatable bonds is 8.